The Morgan fingerprint density at radius 3 is 2.09 bits per heavy atom. The number of piperidine rings is 1. The van der Waals surface area contributed by atoms with Crippen molar-refractivity contribution in [2.24, 2.45) is 0 Å². The van der Waals surface area contributed by atoms with Crippen molar-refractivity contribution in [3.63, 3.8) is 0 Å². The van der Waals surface area contributed by atoms with Crippen molar-refractivity contribution in [2.75, 3.05) is 13.1 Å². The largest absolute Gasteiger partial charge is 0.351 e. The van der Waals surface area contributed by atoms with Crippen molar-refractivity contribution in [1.29, 1.82) is 0 Å². The summed E-state index contributed by atoms with van der Waals surface area (Å²) in [6, 6.07) is 10.9. The fourth-order valence-corrected chi connectivity index (χ4v) is 6.19. The summed E-state index contributed by atoms with van der Waals surface area (Å²) in [7, 11) is -7.39. The summed E-state index contributed by atoms with van der Waals surface area (Å²) in [5, 5.41) is 3.06. The van der Waals surface area contributed by atoms with E-state index in [1.807, 2.05) is 0 Å². The molecule has 32 heavy (non-hydrogen) atoms. The molecule has 0 aliphatic carbocycles. The molecule has 174 valence electrons. The predicted molar refractivity (Wildman–Crippen MR) is 122 cm³/mol. The normalized spacial score (nSPS) is 16.4. The van der Waals surface area contributed by atoms with Gasteiger partial charge in [0.2, 0.25) is 26.0 Å². The van der Waals surface area contributed by atoms with Crippen LogP contribution in [-0.2, 0) is 31.4 Å². The van der Waals surface area contributed by atoms with Gasteiger partial charge in [0.25, 0.3) is 0 Å². The van der Waals surface area contributed by atoms with Gasteiger partial charge in [0.05, 0.1) is 15.8 Å². The molecule has 1 heterocycles. The fourth-order valence-electron chi connectivity index (χ4n) is 3.34. The maximum atomic E-state index is 12.7. The van der Waals surface area contributed by atoms with Gasteiger partial charge in [0.1, 0.15) is 0 Å². The maximum Gasteiger partial charge on any atom is 0.243 e. The summed E-state index contributed by atoms with van der Waals surface area (Å²) in [5.41, 5.74) is 0.698. The highest BCUT2D eigenvalue weighted by Crippen LogP contribution is 2.21. The Morgan fingerprint density at radius 1 is 0.938 bits per heavy atom. The number of hydrogen-bond acceptors (Lipinski definition) is 5. The highest BCUT2D eigenvalue weighted by atomic mass is 35.5. The first kappa shape index (κ1) is 24.7. The van der Waals surface area contributed by atoms with Crippen LogP contribution in [0.2, 0.25) is 5.02 Å². The molecule has 2 N–H and O–H groups in total. The van der Waals surface area contributed by atoms with Gasteiger partial charge in [0.15, 0.2) is 0 Å². The van der Waals surface area contributed by atoms with Crippen molar-refractivity contribution < 1.29 is 21.6 Å². The van der Waals surface area contributed by atoms with Gasteiger partial charge in [-0.15, -0.1) is 0 Å². The Balaban J connectivity index is 1.56. The molecule has 2 aromatic carbocycles. The Hall–Kier alpha value is -1.98. The van der Waals surface area contributed by atoms with E-state index in [2.05, 4.69) is 10.0 Å². The molecule has 1 atom stereocenters. The smallest absolute Gasteiger partial charge is 0.243 e. The number of nitrogens with one attached hydrogen (secondary N) is 2. The van der Waals surface area contributed by atoms with Crippen molar-refractivity contribution in [3.8, 4) is 0 Å². The molecule has 11 heteroatoms. The van der Waals surface area contributed by atoms with Crippen LogP contribution in [0.15, 0.2) is 58.3 Å². The zero-order valence-electron chi connectivity index (χ0n) is 17.6. The molecule has 0 aromatic heterocycles. The molecule has 0 bridgehead atoms. The number of rotatable bonds is 8. The van der Waals surface area contributed by atoms with E-state index in [9.17, 15) is 21.6 Å². The predicted octanol–water partition coefficient (Wildman–Crippen LogP) is 2.50. The van der Waals surface area contributed by atoms with Crippen molar-refractivity contribution in [3.05, 3.63) is 59.1 Å². The second-order valence-electron chi connectivity index (χ2n) is 7.62. The Bertz CT molecular complexity index is 1140. The third-order valence-corrected chi connectivity index (χ3v) is 8.91. The molecular weight excluding hydrogens is 474 g/mol. The maximum absolute atomic E-state index is 12.7. The standard InChI is InChI=1S/C21H26ClN3O5S2/c1-16(24-31(27,28)19-11-7-18(22)8-12-19)21(26)23-15-17-5-9-20(10-6-17)32(29,30)25-13-3-2-4-14-25/h5-12,16,24H,2-4,13-15H2,1H3,(H,23,26)/t16-/m1/s1. The van der Waals surface area contributed by atoms with Crippen LogP contribution in [0.25, 0.3) is 0 Å². The monoisotopic (exact) mass is 499 g/mol. The van der Waals surface area contributed by atoms with E-state index in [1.165, 1.54) is 47.6 Å². The van der Waals surface area contributed by atoms with E-state index in [0.29, 0.717) is 23.7 Å². The number of hydrogen-bond donors (Lipinski definition) is 2. The van der Waals surface area contributed by atoms with Gasteiger partial charge >= 0.3 is 0 Å². The number of sulfonamides is 2. The Labute approximate surface area is 194 Å². The minimum Gasteiger partial charge on any atom is -0.351 e. The van der Waals surface area contributed by atoms with E-state index in [4.69, 9.17) is 11.6 Å². The molecule has 1 saturated heterocycles. The molecule has 1 aliphatic rings. The number of benzene rings is 2. The lowest BCUT2D eigenvalue weighted by atomic mass is 10.2. The van der Waals surface area contributed by atoms with Crippen LogP contribution in [-0.4, -0.2) is 46.2 Å². The van der Waals surface area contributed by atoms with Crippen molar-refractivity contribution >= 4 is 37.6 Å². The average Bonchev–Trinajstić information content (AvgIpc) is 2.78. The van der Waals surface area contributed by atoms with Crippen molar-refractivity contribution in [2.45, 2.75) is 48.6 Å². The van der Waals surface area contributed by atoms with E-state index < -0.39 is 32.0 Å². The second kappa shape index (κ2) is 10.3. The lowest BCUT2D eigenvalue weighted by molar-refractivity contribution is -0.122. The van der Waals surface area contributed by atoms with E-state index >= 15 is 0 Å². The molecule has 8 nitrogen and oxygen atoms in total. The van der Waals surface area contributed by atoms with Crippen LogP contribution in [0.3, 0.4) is 0 Å². The van der Waals surface area contributed by atoms with Gasteiger partial charge in [-0.2, -0.15) is 9.03 Å². The summed E-state index contributed by atoms with van der Waals surface area (Å²) < 4.78 is 54.0. The van der Waals surface area contributed by atoms with Crippen LogP contribution in [0.4, 0.5) is 0 Å². The lowest BCUT2D eigenvalue weighted by Crippen LogP contribution is -2.44. The van der Waals surface area contributed by atoms with Crippen LogP contribution in [0.1, 0.15) is 31.7 Å². The highest BCUT2D eigenvalue weighted by Gasteiger charge is 2.26. The first-order valence-corrected chi connectivity index (χ1v) is 13.5. The second-order valence-corrected chi connectivity index (χ2v) is 11.7. The molecule has 0 spiro atoms. The van der Waals surface area contributed by atoms with Gasteiger partial charge in [-0.25, -0.2) is 16.8 Å². The van der Waals surface area contributed by atoms with E-state index in [-0.39, 0.29) is 16.3 Å². The van der Waals surface area contributed by atoms with E-state index in [0.717, 1.165) is 19.3 Å². The average molecular weight is 500 g/mol. The third-order valence-electron chi connectivity index (χ3n) is 5.19. The molecular formula is C21H26ClN3O5S2. The zero-order chi connectivity index (χ0) is 23.4. The highest BCUT2D eigenvalue weighted by molar-refractivity contribution is 7.89. The summed E-state index contributed by atoms with van der Waals surface area (Å²) in [6.45, 7) is 2.64. The summed E-state index contributed by atoms with van der Waals surface area (Å²) in [5.74, 6) is -0.507. The van der Waals surface area contributed by atoms with Crippen LogP contribution >= 0.6 is 11.6 Å². The van der Waals surface area contributed by atoms with Gasteiger partial charge < -0.3 is 5.32 Å². The summed E-state index contributed by atoms with van der Waals surface area (Å²) in [6.07, 6.45) is 2.77. The van der Waals surface area contributed by atoms with E-state index in [1.54, 1.807) is 12.1 Å². The van der Waals surface area contributed by atoms with Crippen LogP contribution < -0.4 is 10.0 Å². The van der Waals surface area contributed by atoms with Crippen molar-refractivity contribution in [1.82, 2.24) is 14.3 Å². The molecule has 0 radical (unpaired) electrons. The molecule has 2 aromatic rings. The quantitative estimate of drug-likeness (QED) is 0.579. The number of carbonyl (C=O) groups is 1. The number of amides is 1. The third kappa shape index (κ3) is 6.08. The lowest BCUT2D eigenvalue weighted by Gasteiger charge is -2.25. The molecule has 1 aliphatic heterocycles. The summed E-state index contributed by atoms with van der Waals surface area (Å²) in [4.78, 5) is 12.6. The number of halogens is 1. The van der Waals surface area contributed by atoms with Gasteiger partial charge in [-0.05, 0) is 61.7 Å². The zero-order valence-corrected chi connectivity index (χ0v) is 20.0. The Kier molecular flexibility index (Phi) is 7.94. The number of carbonyl (C=O) groups excluding carboxylic acids is 1. The fraction of sp³-hybridized carbons (Fsp3) is 0.381. The minimum absolute atomic E-state index is 0.00653. The molecule has 0 unspecified atom stereocenters. The van der Waals surface area contributed by atoms with Crippen LogP contribution in [0, 0.1) is 0 Å². The molecule has 0 saturated carbocycles. The molecule has 1 amide bonds. The van der Waals surface area contributed by atoms with Gasteiger partial charge in [-0.1, -0.05) is 30.2 Å². The van der Waals surface area contributed by atoms with Gasteiger partial charge in [0, 0.05) is 24.7 Å². The summed E-state index contributed by atoms with van der Waals surface area (Å²) >= 11 is 5.78. The first-order chi connectivity index (χ1) is 15.1. The topological polar surface area (TPSA) is 113 Å². The Morgan fingerprint density at radius 2 is 1.50 bits per heavy atom. The molecule has 1 fully saturated rings. The first-order valence-electron chi connectivity index (χ1n) is 10.2. The molecule has 3 rings (SSSR count). The SMILES string of the molecule is C[C@@H](NS(=O)(=O)c1ccc(Cl)cc1)C(=O)NCc1ccc(S(=O)(=O)N2CCCCC2)cc1. The van der Waals surface area contributed by atoms with Gasteiger partial charge in [-0.3, -0.25) is 4.79 Å². The minimum atomic E-state index is -3.88. The van der Waals surface area contributed by atoms with Crippen LogP contribution in [0.5, 0.6) is 0 Å². The number of nitrogens with zero attached hydrogens (tertiary/aromatic N) is 1.